The van der Waals surface area contributed by atoms with E-state index in [9.17, 15) is 12.8 Å². The van der Waals surface area contributed by atoms with E-state index >= 15 is 0 Å². The maximum absolute atomic E-state index is 13.8. The Hall–Kier alpha value is -1.67. The molecule has 0 aliphatic rings. The van der Waals surface area contributed by atoms with Gasteiger partial charge in [0.25, 0.3) is 0 Å². The van der Waals surface area contributed by atoms with E-state index in [0.29, 0.717) is 0 Å². The van der Waals surface area contributed by atoms with Crippen molar-refractivity contribution in [3.05, 3.63) is 30.1 Å². The maximum atomic E-state index is 13.8. The predicted molar refractivity (Wildman–Crippen MR) is 78.0 cm³/mol. The van der Waals surface area contributed by atoms with Crippen molar-refractivity contribution in [2.45, 2.75) is 25.2 Å². The minimum absolute atomic E-state index is 0.0186. The Morgan fingerprint density at radius 1 is 1.43 bits per heavy atom. The van der Waals surface area contributed by atoms with E-state index in [-0.39, 0.29) is 36.2 Å². The molecule has 0 fully saturated rings. The molecule has 0 bridgehead atoms. The number of benzene rings is 1. The van der Waals surface area contributed by atoms with Gasteiger partial charge >= 0.3 is 0 Å². The molecule has 0 radical (unpaired) electrons. The summed E-state index contributed by atoms with van der Waals surface area (Å²) in [6.07, 6.45) is 0.0664. The molecule has 0 heterocycles. The average molecular weight is 317 g/mol. The van der Waals surface area contributed by atoms with E-state index in [2.05, 4.69) is 5.16 Å². The van der Waals surface area contributed by atoms with E-state index in [1.54, 1.807) is 0 Å². The zero-order valence-corrected chi connectivity index (χ0v) is 12.8. The molecule has 0 saturated heterocycles. The molecule has 8 heteroatoms. The van der Waals surface area contributed by atoms with Crippen LogP contribution in [0.25, 0.3) is 0 Å². The second kappa shape index (κ2) is 7.37. The number of oxime groups is 1. The summed E-state index contributed by atoms with van der Waals surface area (Å²) in [4.78, 5) is -0.370. The van der Waals surface area contributed by atoms with Gasteiger partial charge in [-0.2, -0.15) is 4.31 Å². The van der Waals surface area contributed by atoms with Crippen LogP contribution in [0.1, 0.15) is 20.3 Å². The van der Waals surface area contributed by atoms with Crippen LogP contribution in [0, 0.1) is 11.7 Å². The molecule has 0 spiro atoms. The summed E-state index contributed by atoms with van der Waals surface area (Å²) in [7, 11) is -3.96. The minimum atomic E-state index is -3.96. The fraction of sp³-hybridized carbons (Fsp3) is 0.462. The molecule has 0 aliphatic heterocycles. The third-order valence-corrected chi connectivity index (χ3v) is 4.67. The summed E-state index contributed by atoms with van der Waals surface area (Å²) < 4.78 is 40.0. The SMILES string of the molecule is CC(C)CN(CCC(N)=NO)S(=O)(=O)c1ccccc1F. The van der Waals surface area contributed by atoms with Gasteiger partial charge in [0.2, 0.25) is 10.0 Å². The Bertz CT molecular complexity index is 602. The van der Waals surface area contributed by atoms with Crippen molar-refractivity contribution in [2.75, 3.05) is 13.1 Å². The van der Waals surface area contributed by atoms with Crippen LogP contribution in [-0.2, 0) is 10.0 Å². The lowest BCUT2D eigenvalue weighted by atomic mass is 10.2. The van der Waals surface area contributed by atoms with Gasteiger partial charge in [-0.15, -0.1) is 0 Å². The van der Waals surface area contributed by atoms with Gasteiger partial charge in [0.15, 0.2) is 0 Å². The Balaban J connectivity index is 3.09. The van der Waals surface area contributed by atoms with Crippen LogP contribution in [0.2, 0.25) is 0 Å². The Morgan fingerprint density at radius 3 is 2.57 bits per heavy atom. The number of hydrogen-bond donors (Lipinski definition) is 2. The largest absolute Gasteiger partial charge is 0.409 e. The Labute approximate surface area is 124 Å². The standard InChI is InChI=1S/C13H20FN3O3S/c1-10(2)9-17(8-7-13(15)16-18)21(19,20)12-6-4-3-5-11(12)14/h3-6,10,18H,7-9H2,1-2H3,(H2,15,16). The topological polar surface area (TPSA) is 96.0 Å². The number of hydrogen-bond acceptors (Lipinski definition) is 4. The molecule has 1 aromatic carbocycles. The van der Waals surface area contributed by atoms with Crippen molar-refractivity contribution in [3.8, 4) is 0 Å². The van der Waals surface area contributed by atoms with Crippen LogP contribution in [0.4, 0.5) is 4.39 Å². The lowest BCUT2D eigenvalue weighted by Gasteiger charge is -2.24. The van der Waals surface area contributed by atoms with Gasteiger partial charge in [-0.3, -0.25) is 0 Å². The Morgan fingerprint density at radius 2 is 2.05 bits per heavy atom. The van der Waals surface area contributed by atoms with Crippen molar-refractivity contribution in [2.24, 2.45) is 16.8 Å². The molecule has 0 aliphatic carbocycles. The first-order valence-corrected chi connectivity index (χ1v) is 7.94. The first-order chi connectivity index (χ1) is 9.78. The number of sulfonamides is 1. The molecule has 21 heavy (non-hydrogen) atoms. The fourth-order valence-electron chi connectivity index (χ4n) is 1.80. The molecule has 1 rings (SSSR count). The van der Waals surface area contributed by atoms with Crippen molar-refractivity contribution in [1.82, 2.24) is 4.31 Å². The summed E-state index contributed by atoms with van der Waals surface area (Å²) in [5.41, 5.74) is 5.37. The second-order valence-electron chi connectivity index (χ2n) is 5.03. The number of nitrogens with two attached hydrogens (primary N) is 1. The van der Waals surface area contributed by atoms with Gasteiger partial charge < -0.3 is 10.9 Å². The molecule has 3 N–H and O–H groups in total. The smallest absolute Gasteiger partial charge is 0.246 e. The van der Waals surface area contributed by atoms with E-state index < -0.39 is 15.8 Å². The number of amidine groups is 1. The highest BCUT2D eigenvalue weighted by Crippen LogP contribution is 2.20. The summed E-state index contributed by atoms with van der Waals surface area (Å²) in [5, 5.41) is 11.3. The van der Waals surface area contributed by atoms with E-state index in [0.717, 1.165) is 10.4 Å². The normalized spacial score (nSPS) is 13.1. The number of nitrogens with zero attached hydrogens (tertiary/aromatic N) is 2. The first kappa shape index (κ1) is 17.4. The monoisotopic (exact) mass is 317 g/mol. The van der Waals surface area contributed by atoms with Crippen molar-refractivity contribution in [3.63, 3.8) is 0 Å². The van der Waals surface area contributed by atoms with Crippen LogP contribution in [0.3, 0.4) is 0 Å². The molecule has 0 saturated carbocycles. The molecular weight excluding hydrogens is 297 g/mol. The summed E-state index contributed by atoms with van der Waals surface area (Å²) in [6, 6.07) is 5.22. The van der Waals surface area contributed by atoms with Gasteiger partial charge in [0.1, 0.15) is 16.5 Å². The minimum Gasteiger partial charge on any atom is -0.409 e. The highest BCUT2D eigenvalue weighted by molar-refractivity contribution is 7.89. The second-order valence-corrected chi connectivity index (χ2v) is 6.94. The van der Waals surface area contributed by atoms with E-state index in [4.69, 9.17) is 10.9 Å². The first-order valence-electron chi connectivity index (χ1n) is 6.50. The summed E-state index contributed by atoms with van der Waals surface area (Å²) in [5.74, 6) is -0.818. The Kier molecular flexibility index (Phi) is 6.10. The third kappa shape index (κ3) is 4.68. The lowest BCUT2D eigenvalue weighted by molar-refractivity contribution is 0.314. The number of halogens is 1. The molecule has 0 amide bonds. The summed E-state index contributed by atoms with van der Waals surface area (Å²) >= 11 is 0. The molecule has 6 nitrogen and oxygen atoms in total. The van der Waals surface area contributed by atoms with Crippen molar-refractivity contribution < 1.29 is 18.0 Å². The molecular formula is C13H20FN3O3S. The fourth-order valence-corrected chi connectivity index (χ4v) is 3.47. The summed E-state index contributed by atoms with van der Waals surface area (Å²) in [6.45, 7) is 3.95. The van der Waals surface area contributed by atoms with Gasteiger partial charge in [0, 0.05) is 19.5 Å². The van der Waals surface area contributed by atoms with Crippen molar-refractivity contribution in [1.29, 1.82) is 0 Å². The molecule has 0 unspecified atom stereocenters. The van der Waals surface area contributed by atoms with Gasteiger partial charge in [-0.05, 0) is 18.1 Å². The zero-order valence-electron chi connectivity index (χ0n) is 12.0. The molecule has 0 atom stereocenters. The van der Waals surface area contributed by atoms with E-state index in [1.807, 2.05) is 13.8 Å². The van der Waals surface area contributed by atoms with Crippen molar-refractivity contribution >= 4 is 15.9 Å². The van der Waals surface area contributed by atoms with Gasteiger partial charge in [-0.25, -0.2) is 12.8 Å². The lowest BCUT2D eigenvalue weighted by Crippen LogP contribution is -2.37. The predicted octanol–water partition coefficient (Wildman–Crippen LogP) is 1.61. The van der Waals surface area contributed by atoms with Gasteiger partial charge in [-0.1, -0.05) is 31.1 Å². The van der Waals surface area contributed by atoms with Crippen LogP contribution < -0.4 is 5.73 Å². The molecule has 0 aromatic heterocycles. The van der Waals surface area contributed by atoms with Crippen LogP contribution >= 0.6 is 0 Å². The van der Waals surface area contributed by atoms with Crippen LogP contribution in [-0.4, -0.2) is 36.9 Å². The molecule has 1 aromatic rings. The third-order valence-electron chi connectivity index (χ3n) is 2.77. The zero-order chi connectivity index (χ0) is 16.0. The average Bonchev–Trinajstić information content (AvgIpc) is 2.42. The van der Waals surface area contributed by atoms with E-state index in [1.165, 1.54) is 18.2 Å². The number of rotatable bonds is 7. The van der Waals surface area contributed by atoms with Crippen LogP contribution in [0.5, 0.6) is 0 Å². The maximum Gasteiger partial charge on any atom is 0.246 e. The molecule has 118 valence electrons. The highest BCUT2D eigenvalue weighted by atomic mass is 32.2. The quantitative estimate of drug-likeness (QED) is 0.345. The van der Waals surface area contributed by atoms with Crippen LogP contribution in [0.15, 0.2) is 34.3 Å². The van der Waals surface area contributed by atoms with Gasteiger partial charge in [0.05, 0.1) is 0 Å². The highest BCUT2D eigenvalue weighted by Gasteiger charge is 2.27.